The van der Waals surface area contributed by atoms with Crippen LogP contribution in [-0.2, 0) is 16.1 Å². The molecule has 2 heterocycles. The molecule has 0 bridgehead atoms. The second-order valence-electron chi connectivity index (χ2n) is 6.68. The predicted octanol–water partition coefficient (Wildman–Crippen LogP) is 1.04. The summed E-state index contributed by atoms with van der Waals surface area (Å²) in [5.74, 6) is -0.257. The highest BCUT2D eigenvalue weighted by molar-refractivity contribution is 5.97. The molecule has 1 aromatic rings. The van der Waals surface area contributed by atoms with E-state index in [4.69, 9.17) is 0 Å². The molecule has 124 valence electrons. The third kappa shape index (κ3) is 3.22. The van der Waals surface area contributed by atoms with Crippen LogP contribution in [0.3, 0.4) is 0 Å². The van der Waals surface area contributed by atoms with Crippen LogP contribution < -0.4 is 10.6 Å². The molecule has 0 unspecified atom stereocenters. The van der Waals surface area contributed by atoms with Gasteiger partial charge in [-0.05, 0) is 30.0 Å². The number of amides is 2. The average Bonchev–Trinajstić information content (AvgIpc) is 2.94. The lowest BCUT2D eigenvalue weighted by Gasteiger charge is -2.36. The van der Waals surface area contributed by atoms with Crippen molar-refractivity contribution in [2.24, 2.45) is 5.92 Å². The Balaban J connectivity index is 1.63. The second-order valence-corrected chi connectivity index (χ2v) is 6.68. The molecular formula is C17H22FN3O2. The highest BCUT2D eigenvalue weighted by atomic mass is 19.1. The molecular weight excluding hydrogens is 297 g/mol. The van der Waals surface area contributed by atoms with Gasteiger partial charge in [0.2, 0.25) is 11.8 Å². The molecule has 1 aromatic carbocycles. The normalized spacial score (nSPS) is 27.3. The largest absolute Gasteiger partial charge is 0.342 e. The third-order valence-corrected chi connectivity index (χ3v) is 4.60. The Labute approximate surface area is 135 Å². The molecule has 0 aliphatic carbocycles. The molecule has 0 radical (unpaired) electrons. The molecule has 0 aromatic heterocycles. The van der Waals surface area contributed by atoms with Gasteiger partial charge in [0.15, 0.2) is 0 Å². The molecule has 2 fully saturated rings. The average molecular weight is 319 g/mol. The van der Waals surface area contributed by atoms with E-state index in [2.05, 4.69) is 10.6 Å². The summed E-state index contributed by atoms with van der Waals surface area (Å²) in [6.07, 6.45) is 0.595. The molecule has 2 saturated heterocycles. The first-order valence-electron chi connectivity index (χ1n) is 8.04. The van der Waals surface area contributed by atoms with Gasteiger partial charge in [0.05, 0.1) is 0 Å². The summed E-state index contributed by atoms with van der Waals surface area (Å²) < 4.78 is 13.2. The third-order valence-electron chi connectivity index (χ3n) is 4.60. The number of benzene rings is 1. The summed E-state index contributed by atoms with van der Waals surface area (Å²) in [6.45, 7) is 4.90. The molecule has 3 rings (SSSR count). The molecule has 0 spiro atoms. The molecule has 2 aliphatic heterocycles. The van der Waals surface area contributed by atoms with Crippen LogP contribution in [-0.4, -0.2) is 41.4 Å². The molecule has 2 N–H and O–H groups in total. The van der Waals surface area contributed by atoms with Crippen molar-refractivity contribution in [1.82, 2.24) is 15.5 Å². The number of nitrogens with one attached hydrogen (secondary N) is 2. The Morgan fingerprint density at radius 1 is 1.39 bits per heavy atom. The maximum Gasteiger partial charge on any atom is 0.246 e. The second kappa shape index (κ2) is 6.28. The first-order valence-corrected chi connectivity index (χ1v) is 8.04. The first kappa shape index (κ1) is 15.9. The van der Waals surface area contributed by atoms with E-state index < -0.39 is 6.04 Å². The fourth-order valence-electron chi connectivity index (χ4n) is 3.33. The van der Waals surface area contributed by atoms with Gasteiger partial charge in [0.25, 0.3) is 0 Å². The number of fused-ring (bicyclic) bond motifs is 1. The van der Waals surface area contributed by atoms with E-state index in [1.807, 2.05) is 19.9 Å². The summed E-state index contributed by atoms with van der Waals surface area (Å²) in [7, 11) is 0. The monoisotopic (exact) mass is 319 g/mol. The van der Waals surface area contributed by atoms with Gasteiger partial charge >= 0.3 is 0 Å². The Bertz CT molecular complexity index is 620. The quantitative estimate of drug-likeness (QED) is 0.872. The molecule has 0 saturated carbocycles. The molecule has 23 heavy (non-hydrogen) atoms. The smallest absolute Gasteiger partial charge is 0.246 e. The van der Waals surface area contributed by atoms with E-state index in [9.17, 15) is 14.0 Å². The van der Waals surface area contributed by atoms with Crippen LogP contribution in [0.15, 0.2) is 24.3 Å². The zero-order valence-electron chi connectivity index (χ0n) is 13.4. The van der Waals surface area contributed by atoms with Gasteiger partial charge in [-0.15, -0.1) is 0 Å². The van der Waals surface area contributed by atoms with Gasteiger partial charge in [-0.3, -0.25) is 9.59 Å². The van der Waals surface area contributed by atoms with Crippen molar-refractivity contribution in [3.05, 3.63) is 35.6 Å². The number of piperazine rings is 1. The topological polar surface area (TPSA) is 61.4 Å². The number of carbonyl (C=O) groups excluding carboxylic acids is 2. The Hall–Kier alpha value is -1.95. The lowest BCUT2D eigenvalue weighted by atomic mass is 9.98. The van der Waals surface area contributed by atoms with E-state index in [1.54, 1.807) is 11.0 Å². The summed E-state index contributed by atoms with van der Waals surface area (Å²) in [4.78, 5) is 26.4. The summed E-state index contributed by atoms with van der Waals surface area (Å²) in [5, 5.41) is 6.16. The Kier molecular flexibility index (Phi) is 4.35. The summed E-state index contributed by atoms with van der Waals surface area (Å²) in [5.41, 5.74) is 0.853. The molecule has 3 atom stereocenters. The number of rotatable bonds is 4. The van der Waals surface area contributed by atoms with E-state index in [-0.39, 0.29) is 35.6 Å². The van der Waals surface area contributed by atoms with E-state index >= 15 is 0 Å². The number of hydrogen-bond acceptors (Lipinski definition) is 3. The zero-order chi connectivity index (χ0) is 16.6. The summed E-state index contributed by atoms with van der Waals surface area (Å²) >= 11 is 0. The number of hydrogen-bond donors (Lipinski definition) is 2. The fourth-order valence-corrected chi connectivity index (χ4v) is 3.33. The fraction of sp³-hybridized carbons (Fsp3) is 0.529. The minimum absolute atomic E-state index is 0.000319. The van der Waals surface area contributed by atoms with Crippen LogP contribution in [0.5, 0.6) is 0 Å². The van der Waals surface area contributed by atoms with E-state index in [0.29, 0.717) is 19.5 Å². The van der Waals surface area contributed by atoms with Crippen LogP contribution in [0.4, 0.5) is 4.39 Å². The van der Waals surface area contributed by atoms with Gasteiger partial charge < -0.3 is 15.5 Å². The molecule has 5 nitrogen and oxygen atoms in total. The van der Waals surface area contributed by atoms with Crippen molar-refractivity contribution in [3.8, 4) is 0 Å². The van der Waals surface area contributed by atoms with E-state index in [1.165, 1.54) is 12.1 Å². The van der Waals surface area contributed by atoms with Gasteiger partial charge in [-0.25, -0.2) is 4.39 Å². The van der Waals surface area contributed by atoms with Gasteiger partial charge in [0.1, 0.15) is 17.9 Å². The van der Waals surface area contributed by atoms with Crippen molar-refractivity contribution in [3.63, 3.8) is 0 Å². The van der Waals surface area contributed by atoms with Crippen molar-refractivity contribution >= 4 is 11.8 Å². The molecule has 6 heteroatoms. The predicted molar refractivity (Wildman–Crippen MR) is 83.9 cm³/mol. The Morgan fingerprint density at radius 3 is 2.87 bits per heavy atom. The van der Waals surface area contributed by atoms with Crippen LogP contribution in [0.25, 0.3) is 0 Å². The maximum atomic E-state index is 13.2. The van der Waals surface area contributed by atoms with Gasteiger partial charge in [-0.2, -0.15) is 0 Å². The lowest BCUT2D eigenvalue weighted by Crippen LogP contribution is -2.62. The van der Waals surface area contributed by atoms with Crippen molar-refractivity contribution in [2.45, 2.75) is 44.9 Å². The van der Waals surface area contributed by atoms with Crippen molar-refractivity contribution < 1.29 is 14.0 Å². The highest BCUT2D eigenvalue weighted by Gasteiger charge is 2.46. The number of halogens is 1. The first-order chi connectivity index (χ1) is 11.0. The SMILES string of the molecule is CC(C)[C@H]1NC(=O)[C@@H]2C[C@H](NCc3cccc(F)c3)CN2C1=O. The number of carbonyl (C=O) groups is 2. The van der Waals surface area contributed by atoms with Gasteiger partial charge in [-0.1, -0.05) is 26.0 Å². The standard InChI is InChI=1S/C17H22FN3O2/c1-10(2)15-17(23)21-9-13(7-14(21)16(22)20-15)19-8-11-4-3-5-12(18)6-11/h3-6,10,13-15,19H,7-9H2,1-2H3,(H,20,22)/t13-,14-,15+/m0/s1. The maximum absolute atomic E-state index is 13.2. The highest BCUT2D eigenvalue weighted by Crippen LogP contribution is 2.25. The zero-order valence-corrected chi connectivity index (χ0v) is 13.4. The molecule has 2 aliphatic rings. The van der Waals surface area contributed by atoms with Crippen LogP contribution in [0, 0.1) is 11.7 Å². The van der Waals surface area contributed by atoms with Crippen molar-refractivity contribution in [1.29, 1.82) is 0 Å². The lowest BCUT2D eigenvalue weighted by molar-refractivity contribution is -0.148. The van der Waals surface area contributed by atoms with Crippen LogP contribution >= 0.6 is 0 Å². The molecule has 2 amide bonds. The van der Waals surface area contributed by atoms with Crippen molar-refractivity contribution in [2.75, 3.05) is 6.54 Å². The minimum atomic E-state index is -0.430. The van der Waals surface area contributed by atoms with Gasteiger partial charge in [0, 0.05) is 19.1 Å². The van der Waals surface area contributed by atoms with Crippen LogP contribution in [0.2, 0.25) is 0 Å². The van der Waals surface area contributed by atoms with E-state index in [0.717, 1.165) is 5.56 Å². The number of nitrogens with zero attached hydrogens (tertiary/aromatic N) is 1. The van der Waals surface area contributed by atoms with Crippen LogP contribution in [0.1, 0.15) is 25.8 Å². The minimum Gasteiger partial charge on any atom is -0.342 e. The summed E-state index contributed by atoms with van der Waals surface area (Å²) in [6, 6.07) is 5.66. The Morgan fingerprint density at radius 2 is 2.17 bits per heavy atom.